The lowest BCUT2D eigenvalue weighted by atomic mass is 9.94. The van der Waals surface area contributed by atoms with E-state index in [1.807, 2.05) is 13.8 Å². The number of amides is 1. The fourth-order valence-corrected chi connectivity index (χ4v) is 2.94. The van der Waals surface area contributed by atoms with Crippen LogP contribution in [0, 0.1) is 6.92 Å². The summed E-state index contributed by atoms with van der Waals surface area (Å²) in [5.41, 5.74) is 0.352. The van der Waals surface area contributed by atoms with Gasteiger partial charge in [-0.25, -0.2) is 18.4 Å². The van der Waals surface area contributed by atoms with Crippen LogP contribution in [0.15, 0.2) is 11.4 Å². The molecule has 8 heteroatoms. The van der Waals surface area contributed by atoms with Gasteiger partial charge < -0.3 is 10.1 Å². The van der Waals surface area contributed by atoms with Crippen molar-refractivity contribution in [2.75, 3.05) is 12.9 Å². The van der Waals surface area contributed by atoms with Crippen molar-refractivity contribution in [2.45, 2.75) is 50.4 Å². The van der Waals surface area contributed by atoms with Crippen molar-refractivity contribution in [1.29, 1.82) is 0 Å². The van der Waals surface area contributed by atoms with Crippen LogP contribution in [-0.4, -0.2) is 48.8 Å². The molecule has 1 aliphatic heterocycles. The Morgan fingerprint density at radius 3 is 2.73 bits per heavy atom. The smallest absolute Gasteiger partial charge is 0.270 e. The number of ether oxygens (including phenoxy) is 1. The zero-order chi connectivity index (χ0) is 16.5. The average Bonchev–Trinajstić information content (AvgIpc) is 2.36. The Labute approximate surface area is 130 Å². The minimum absolute atomic E-state index is 0.0210. The van der Waals surface area contributed by atoms with Crippen LogP contribution in [0.2, 0.25) is 0 Å². The predicted molar refractivity (Wildman–Crippen MR) is 80.4 cm³/mol. The van der Waals surface area contributed by atoms with Crippen LogP contribution in [0.4, 0.5) is 0 Å². The molecule has 22 heavy (non-hydrogen) atoms. The second kappa shape index (κ2) is 5.92. The predicted octanol–water partition coefficient (Wildman–Crippen LogP) is 0.876. The first-order chi connectivity index (χ1) is 10.1. The molecule has 1 saturated heterocycles. The number of rotatable bonds is 3. The van der Waals surface area contributed by atoms with E-state index in [1.165, 1.54) is 6.20 Å². The van der Waals surface area contributed by atoms with Gasteiger partial charge in [-0.3, -0.25) is 4.79 Å². The summed E-state index contributed by atoms with van der Waals surface area (Å²) >= 11 is 0. The molecule has 1 fully saturated rings. The maximum absolute atomic E-state index is 12.4. The molecular weight excluding hydrogens is 306 g/mol. The Balaban J connectivity index is 2.19. The van der Waals surface area contributed by atoms with Crippen molar-refractivity contribution in [3.05, 3.63) is 17.5 Å². The third-order valence-corrected chi connectivity index (χ3v) is 4.39. The Hall–Kier alpha value is -1.54. The van der Waals surface area contributed by atoms with Gasteiger partial charge in [0.15, 0.2) is 0 Å². The fraction of sp³-hybridized carbons (Fsp3) is 0.643. The van der Waals surface area contributed by atoms with Crippen molar-refractivity contribution in [3.8, 4) is 0 Å². The molecule has 7 nitrogen and oxygen atoms in total. The SMILES string of the molecule is Cc1cnc(S(C)(=O)=O)nc1C(=O)N[C@@H]1CCOC(C)(C)C1. The largest absolute Gasteiger partial charge is 0.375 e. The third kappa shape index (κ3) is 4.01. The molecule has 0 spiro atoms. The Bertz CT molecular complexity index is 685. The van der Waals surface area contributed by atoms with Gasteiger partial charge in [-0.15, -0.1) is 0 Å². The van der Waals surface area contributed by atoms with Gasteiger partial charge in [-0.2, -0.15) is 0 Å². The lowest BCUT2D eigenvalue weighted by Gasteiger charge is -2.35. The number of aromatic nitrogens is 2. The molecule has 1 atom stereocenters. The molecule has 122 valence electrons. The Morgan fingerprint density at radius 1 is 1.45 bits per heavy atom. The number of hydrogen-bond donors (Lipinski definition) is 1. The number of sulfone groups is 1. The van der Waals surface area contributed by atoms with E-state index in [-0.39, 0.29) is 28.4 Å². The Morgan fingerprint density at radius 2 is 2.14 bits per heavy atom. The average molecular weight is 327 g/mol. The van der Waals surface area contributed by atoms with Crippen LogP contribution in [0.5, 0.6) is 0 Å². The van der Waals surface area contributed by atoms with Gasteiger partial charge in [-0.05, 0) is 39.2 Å². The highest BCUT2D eigenvalue weighted by molar-refractivity contribution is 7.90. The molecule has 0 aliphatic carbocycles. The summed E-state index contributed by atoms with van der Waals surface area (Å²) in [6.07, 6.45) is 3.78. The van der Waals surface area contributed by atoms with Crippen molar-refractivity contribution >= 4 is 15.7 Å². The van der Waals surface area contributed by atoms with Gasteiger partial charge >= 0.3 is 0 Å². The van der Waals surface area contributed by atoms with Crippen LogP contribution in [0.1, 0.15) is 42.7 Å². The number of hydrogen-bond acceptors (Lipinski definition) is 6. The van der Waals surface area contributed by atoms with Gasteiger partial charge in [0.25, 0.3) is 5.91 Å². The molecular formula is C14H21N3O4S. The quantitative estimate of drug-likeness (QED) is 0.827. The van der Waals surface area contributed by atoms with Gasteiger partial charge in [0.2, 0.25) is 15.0 Å². The van der Waals surface area contributed by atoms with Crippen molar-refractivity contribution in [3.63, 3.8) is 0 Å². The van der Waals surface area contributed by atoms with E-state index < -0.39 is 9.84 Å². The Kier molecular flexibility index (Phi) is 4.53. The first-order valence-corrected chi connectivity index (χ1v) is 8.96. The number of nitrogens with one attached hydrogen (secondary N) is 1. The highest BCUT2D eigenvalue weighted by atomic mass is 32.2. The maximum atomic E-state index is 12.4. The van der Waals surface area contributed by atoms with Crippen LogP contribution < -0.4 is 5.32 Å². The molecule has 1 aromatic rings. The summed E-state index contributed by atoms with van der Waals surface area (Å²) in [5, 5.41) is 2.57. The van der Waals surface area contributed by atoms with Crippen molar-refractivity contribution in [2.24, 2.45) is 0 Å². The van der Waals surface area contributed by atoms with E-state index in [4.69, 9.17) is 4.74 Å². The standard InChI is InChI=1S/C14H21N3O4S/c1-9-8-15-13(22(4,19)20)17-11(9)12(18)16-10-5-6-21-14(2,3)7-10/h8,10H,5-7H2,1-4H3,(H,16,18)/t10-/m1/s1. The number of carbonyl (C=O) groups excluding carboxylic acids is 1. The van der Waals surface area contributed by atoms with E-state index >= 15 is 0 Å². The van der Waals surface area contributed by atoms with Gasteiger partial charge in [0, 0.05) is 25.1 Å². The minimum Gasteiger partial charge on any atom is -0.375 e. The molecule has 1 N–H and O–H groups in total. The van der Waals surface area contributed by atoms with Gasteiger partial charge in [0.05, 0.1) is 5.60 Å². The van der Waals surface area contributed by atoms with Gasteiger partial charge in [0.1, 0.15) is 5.69 Å². The maximum Gasteiger partial charge on any atom is 0.270 e. The molecule has 2 heterocycles. The summed E-state index contributed by atoms with van der Waals surface area (Å²) in [7, 11) is -3.55. The first-order valence-electron chi connectivity index (χ1n) is 7.07. The van der Waals surface area contributed by atoms with Crippen LogP contribution >= 0.6 is 0 Å². The van der Waals surface area contributed by atoms with E-state index in [0.29, 0.717) is 18.6 Å². The van der Waals surface area contributed by atoms with Gasteiger partial charge in [-0.1, -0.05) is 0 Å². The topological polar surface area (TPSA) is 98.3 Å². The third-order valence-electron chi connectivity index (χ3n) is 3.53. The van der Waals surface area contributed by atoms with Crippen LogP contribution in [0.3, 0.4) is 0 Å². The zero-order valence-electron chi connectivity index (χ0n) is 13.2. The summed E-state index contributed by atoms with van der Waals surface area (Å²) in [5.74, 6) is -0.382. The molecule has 0 bridgehead atoms. The molecule has 0 aromatic carbocycles. The highest BCUT2D eigenvalue weighted by Gasteiger charge is 2.30. The number of nitrogens with zero attached hydrogens (tertiary/aromatic N) is 2. The second-order valence-corrected chi connectivity index (χ2v) is 8.14. The van der Waals surface area contributed by atoms with E-state index in [1.54, 1.807) is 6.92 Å². The van der Waals surface area contributed by atoms with Crippen LogP contribution in [-0.2, 0) is 14.6 Å². The van der Waals surface area contributed by atoms with E-state index in [9.17, 15) is 13.2 Å². The zero-order valence-corrected chi connectivity index (χ0v) is 14.0. The molecule has 1 aliphatic rings. The minimum atomic E-state index is -3.55. The summed E-state index contributed by atoms with van der Waals surface area (Å²) in [4.78, 5) is 20.1. The molecule has 0 radical (unpaired) electrons. The summed E-state index contributed by atoms with van der Waals surface area (Å²) < 4.78 is 28.7. The number of carbonyl (C=O) groups is 1. The molecule has 0 unspecified atom stereocenters. The fourth-order valence-electron chi connectivity index (χ4n) is 2.44. The monoisotopic (exact) mass is 327 g/mol. The van der Waals surface area contributed by atoms with Crippen LogP contribution in [0.25, 0.3) is 0 Å². The normalized spacial score (nSPS) is 21.4. The molecule has 1 amide bonds. The molecule has 0 saturated carbocycles. The lowest BCUT2D eigenvalue weighted by molar-refractivity contribution is -0.0615. The highest BCUT2D eigenvalue weighted by Crippen LogP contribution is 2.24. The first kappa shape index (κ1) is 16.8. The van der Waals surface area contributed by atoms with Crippen molar-refractivity contribution in [1.82, 2.24) is 15.3 Å². The summed E-state index contributed by atoms with van der Waals surface area (Å²) in [6.45, 7) is 6.20. The number of aryl methyl sites for hydroxylation is 1. The lowest BCUT2D eigenvalue weighted by Crippen LogP contribution is -2.46. The van der Waals surface area contributed by atoms with E-state index in [2.05, 4.69) is 15.3 Å². The molecule has 2 rings (SSSR count). The van der Waals surface area contributed by atoms with E-state index in [0.717, 1.165) is 12.7 Å². The second-order valence-electron chi connectivity index (χ2n) is 6.23. The van der Waals surface area contributed by atoms with Crippen molar-refractivity contribution < 1.29 is 17.9 Å². The molecule has 1 aromatic heterocycles. The summed E-state index contributed by atoms with van der Waals surface area (Å²) in [6, 6.07) is -0.0210.